The Balaban J connectivity index is 2.03. The molecule has 136 valence electrons. The molecule has 8 heteroatoms. The predicted octanol–water partition coefficient (Wildman–Crippen LogP) is 2.26. The fourth-order valence-corrected chi connectivity index (χ4v) is 3.93. The van der Waals surface area contributed by atoms with Crippen molar-refractivity contribution in [1.82, 2.24) is 0 Å². The molecule has 2 aliphatic heterocycles. The molecule has 0 aliphatic carbocycles. The molecule has 1 amide bonds. The van der Waals surface area contributed by atoms with E-state index in [0.29, 0.717) is 5.39 Å². The highest BCUT2D eigenvalue weighted by molar-refractivity contribution is 6.13. The van der Waals surface area contributed by atoms with E-state index in [0.717, 1.165) is 6.07 Å². The van der Waals surface area contributed by atoms with Crippen molar-refractivity contribution in [3.63, 3.8) is 0 Å². The Morgan fingerprint density at radius 3 is 2.75 bits per heavy atom. The number of ether oxygens (including phenoxy) is 1. The van der Waals surface area contributed by atoms with Gasteiger partial charge in [0.2, 0.25) is 11.8 Å². The van der Waals surface area contributed by atoms with Crippen LogP contribution in [-0.4, -0.2) is 5.91 Å². The number of nitrogens with one attached hydrogen (secondary N) is 1. The van der Waals surface area contributed by atoms with E-state index in [1.807, 2.05) is 6.07 Å². The van der Waals surface area contributed by atoms with E-state index in [1.165, 1.54) is 12.1 Å². The summed E-state index contributed by atoms with van der Waals surface area (Å²) in [6.45, 7) is 0. The number of nitrogens with two attached hydrogens (primary N) is 1. The molecule has 7 nitrogen and oxygen atoms in total. The SMILES string of the molecule is N#CC1=C(N)Oc2c(c(=O)oc3ccccc23)[C@@]12C(=O)Nc1ccc(F)cc12. The van der Waals surface area contributed by atoms with Gasteiger partial charge in [0.25, 0.3) is 0 Å². The summed E-state index contributed by atoms with van der Waals surface area (Å²) in [5.41, 5.74) is 3.24. The summed E-state index contributed by atoms with van der Waals surface area (Å²) in [6, 6.07) is 12.0. The molecular formula is C20H10FN3O4. The van der Waals surface area contributed by atoms with Crippen LogP contribution < -0.4 is 21.4 Å². The summed E-state index contributed by atoms with van der Waals surface area (Å²) in [4.78, 5) is 26.1. The molecule has 2 aliphatic rings. The summed E-state index contributed by atoms with van der Waals surface area (Å²) >= 11 is 0. The molecule has 0 bridgehead atoms. The van der Waals surface area contributed by atoms with E-state index in [-0.39, 0.29) is 39.6 Å². The van der Waals surface area contributed by atoms with Crippen LogP contribution in [0.3, 0.4) is 0 Å². The van der Waals surface area contributed by atoms with Crippen molar-refractivity contribution in [3.8, 4) is 11.8 Å². The minimum Gasteiger partial charge on any atom is -0.439 e. The fourth-order valence-electron chi connectivity index (χ4n) is 3.93. The van der Waals surface area contributed by atoms with Gasteiger partial charge in [0, 0.05) is 11.3 Å². The van der Waals surface area contributed by atoms with Crippen LogP contribution >= 0.6 is 0 Å². The smallest absolute Gasteiger partial charge is 0.345 e. The second-order valence-corrected chi connectivity index (χ2v) is 6.44. The lowest BCUT2D eigenvalue weighted by atomic mass is 9.69. The normalized spacial score (nSPS) is 19.8. The molecule has 1 atom stereocenters. The van der Waals surface area contributed by atoms with Gasteiger partial charge in [0.15, 0.2) is 11.2 Å². The largest absolute Gasteiger partial charge is 0.439 e. The van der Waals surface area contributed by atoms with Crippen molar-refractivity contribution >= 4 is 22.6 Å². The number of rotatable bonds is 0. The van der Waals surface area contributed by atoms with Crippen molar-refractivity contribution in [1.29, 1.82) is 5.26 Å². The minimum atomic E-state index is -1.96. The van der Waals surface area contributed by atoms with Crippen molar-refractivity contribution in [3.05, 3.63) is 81.3 Å². The molecule has 3 heterocycles. The van der Waals surface area contributed by atoms with Crippen LogP contribution in [-0.2, 0) is 10.2 Å². The highest BCUT2D eigenvalue weighted by Gasteiger charge is 2.59. The van der Waals surface area contributed by atoms with Crippen molar-refractivity contribution in [2.24, 2.45) is 5.73 Å². The van der Waals surface area contributed by atoms with Crippen LogP contribution in [0.4, 0.5) is 10.1 Å². The molecule has 3 aromatic rings. The molecule has 1 spiro atoms. The van der Waals surface area contributed by atoms with Gasteiger partial charge in [-0.15, -0.1) is 0 Å². The maximum Gasteiger partial charge on any atom is 0.345 e. The lowest BCUT2D eigenvalue weighted by Crippen LogP contribution is -2.45. The third kappa shape index (κ3) is 1.75. The number of amides is 1. The van der Waals surface area contributed by atoms with Crippen molar-refractivity contribution < 1.29 is 18.3 Å². The Morgan fingerprint density at radius 2 is 1.96 bits per heavy atom. The molecule has 0 saturated heterocycles. The van der Waals surface area contributed by atoms with Gasteiger partial charge in [-0.3, -0.25) is 4.79 Å². The molecule has 3 N–H and O–H groups in total. The number of benzene rings is 2. The highest BCUT2D eigenvalue weighted by atomic mass is 19.1. The van der Waals surface area contributed by atoms with Gasteiger partial charge in [-0.2, -0.15) is 5.26 Å². The lowest BCUT2D eigenvalue weighted by Gasteiger charge is -2.32. The number of halogens is 1. The zero-order chi connectivity index (χ0) is 19.6. The monoisotopic (exact) mass is 375 g/mol. The quantitative estimate of drug-likeness (QED) is 0.582. The van der Waals surface area contributed by atoms with Crippen LogP contribution in [0, 0.1) is 17.1 Å². The van der Waals surface area contributed by atoms with E-state index >= 15 is 0 Å². The molecule has 0 fully saturated rings. The number of fused-ring (bicyclic) bond motifs is 6. The number of hydrogen-bond acceptors (Lipinski definition) is 6. The Morgan fingerprint density at radius 1 is 1.18 bits per heavy atom. The summed E-state index contributed by atoms with van der Waals surface area (Å²) in [5, 5.41) is 12.8. The first-order valence-electron chi connectivity index (χ1n) is 8.24. The van der Waals surface area contributed by atoms with E-state index in [9.17, 15) is 19.2 Å². The maximum atomic E-state index is 14.1. The maximum absolute atomic E-state index is 14.1. The summed E-state index contributed by atoms with van der Waals surface area (Å²) in [5.74, 6) is -1.67. The molecule has 0 unspecified atom stereocenters. The average Bonchev–Trinajstić information content (AvgIpc) is 2.94. The minimum absolute atomic E-state index is 0.00983. The molecule has 5 rings (SSSR count). The number of carbonyl (C=O) groups is 1. The Bertz CT molecular complexity index is 1350. The Labute approximate surface area is 156 Å². The van der Waals surface area contributed by atoms with Gasteiger partial charge in [-0.05, 0) is 30.3 Å². The zero-order valence-corrected chi connectivity index (χ0v) is 14.1. The van der Waals surface area contributed by atoms with E-state index in [4.69, 9.17) is 14.9 Å². The highest BCUT2D eigenvalue weighted by Crippen LogP contribution is 2.53. The average molecular weight is 375 g/mol. The van der Waals surface area contributed by atoms with E-state index < -0.39 is 22.8 Å². The van der Waals surface area contributed by atoms with Gasteiger partial charge in [0.1, 0.15) is 28.6 Å². The number of carbonyl (C=O) groups excluding carboxylic acids is 1. The first kappa shape index (κ1) is 16.1. The second kappa shape index (κ2) is 5.20. The van der Waals surface area contributed by atoms with Crippen molar-refractivity contribution in [2.45, 2.75) is 5.41 Å². The predicted molar refractivity (Wildman–Crippen MR) is 95.7 cm³/mol. The molecule has 0 radical (unpaired) electrons. The summed E-state index contributed by atoms with van der Waals surface area (Å²) < 4.78 is 25.1. The summed E-state index contributed by atoms with van der Waals surface area (Å²) in [6.07, 6.45) is 0. The van der Waals surface area contributed by atoms with Gasteiger partial charge in [-0.1, -0.05) is 12.1 Å². The number of hydrogen-bond donors (Lipinski definition) is 2. The number of anilines is 1. The zero-order valence-electron chi connectivity index (χ0n) is 14.1. The van der Waals surface area contributed by atoms with E-state index in [1.54, 1.807) is 24.3 Å². The third-order valence-electron chi connectivity index (χ3n) is 5.06. The molecular weight excluding hydrogens is 365 g/mol. The van der Waals surface area contributed by atoms with Crippen LogP contribution in [0.25, 0.3) is 11.0 Å². The van der Waals surface area contributed by atoms with Crippen LogP contribution in [0.5, 0.6) is 5.75 Å². The third-order valence-corrected chi connectivity index (χ3v) is 5.06. The molecule has 28 heavy (non-hydrogen) atoms. The molecule has 2 aromatic carbocycles. The topological polar surface area (TPSA) is 118 Å². The second-order valence-electron chi connectivity index (χ2n) is 6.44. The molecule has 0 saturated carbocycles. The van der Waals surface area contributed by atoms with Gasteiger partial charge >= 0.3 is 5.63 Å². The standard InChI is InChI=1S/C20H10FN3O4/c21-9-5-6-13-11(7-9)20(19(26)24-13)12(8-22)17(23)28-16-10-3-1-2-4-14(10)27-18(25)15(16)20/h1-7H,23H2,(H,24,26)/t20-/m0/s1. The van der Waals surface area contributed by atoms with E-state index in [2.05, 4.69) is 5.32 Å². The first-order chi connectivity index (χ1) is 13.5. The van der Waals surface area contributed by atoms with Crippen LogP contribution in [0.1, 0.15) is 11.1 Å². The first-order valence-corrected chi connectivity index (χ1v) is 8.24. The number of para-hydroxylation sites is 1. The number of nitriles is 1. The molecule has 1 aromatic heterocycles. The fraction of sp³-hybridized carbons (Fsp3) is 0.0500. The van der Waals surface area contributed by atoms with Crippen LogP contribution in [0.15, 0.2) is 63.1 Å². The lowest BCUT2D eigenvalue weighted by molar-refractivity contribution is -0.118. The Kier molecular flexibility index (Phi) is 2.99. The Hall–Kier alpha value is -4.12. The van der Waals surface area contributed by atoms with Gasteiger partial charge in [-0.25, -0.2) is 9.18 Å². The van der Waals surface area contributed by atoms with Gasteiger partial charge < -0.3 is 20.2 Å². The van der Waals surface area contributed by atoms with Gasteiger partial charge in [0.05, 0.1) is 5.39 Å². The number of nitrogens with zero attached hydrogens (tertiary/aromatic N) is 1. The van der Waals surface area contributed by atoms with Crippen LogP contribution in [0.2, 0.25) is 0 Å². The van der Waals surface area contributed by atoms with Crippen molar-refractivity contribution in [2.75, 3.05) is 5.32 Å². The summed E-state index contributed by atoms with van der Waals surface area (Å²) in [7, 11) is 0.